The van der Waals surface area contributed by atoms with E-state index in [1.165, 1.54) is 26.0 Å². The molecule has 0 radical (unpaired) electrons. The van der Waals surface area contributed by atoms with E-state index in [0.717, 1.165) is 32.2 Å². The zero-order chi connectivity index (χ0) is 16.2. The quantitative estimate of drug-likeness (QED) is 0.431. The van der Waals surface area contributed by atoms with Crippen molar-refractivity contribution in [3.8, 4) is 11.5 Å². The summed E-state index contributed by atoms with van der Waals surface area (Å²) in [7, 11) is 1.51. The SMILES string of the molecule is COc1ccc(C(=O)NCCCCCCCCNCl)c(O)c1. The highest BCUT2D eigenvalue weighted by molar-refractivity contribution is 6.13. The first-order chi connectivity index (χ1) is 10.7. The highest BCUT2D eigenvalue weighted by atomic mass is 35.5. The fraction of sp³-hybridized carbons (Fsp3) is 0.562. The summed E-state index contributed by atoms with van der Waals surface area (Å²) in [6.07, 6.45) is 6.64. The summed E-state index contributed by atoms with van der Waals surface area (Å²) in [4.78, 5) is 14.6. The van der Waals surface area contributed by atoms with Crippen molar-refractivity contribution in [3.63, 3.8) is 0 Å². The number of methoxy groups -OCH3 is 1. The number of carbonyl (C=O) groups is 1. The molecule has 0 bridgehead atoms. The van der Waals surface area contributed by atoms with Crippen molar-refractivity contribution in [2.24, 2.45) is 0 Å². The van der Waals surface area contributed by atoms with Crippen LogP contribution in [0.4, 0.5) is 0 Å². The van der Waals surface area contributed by atoms with Crippen molar-refractivity contribution in [3.05, 3.63) is 23.8 Å². The molecule has 0 atom stereocenters. The lowest BCUT2D eigenvalue weighted by Crippen LogP contribution is -2.24. The van der Waals surface area contributed by atoms with E-state index in [1.807, 2.05) is 0 Å². The van der Waals surface area contributed by atoms with Crippen molar-refractivity contribution in [1.29, 1.82) is 0 Å². The number of benzene rings is 1. The number of hydrogen-bond acceptors (Lipinski definition) is 4. The molecule has 22 heavy (non-hydrogen) atoms. The van der Waals surface area contributed by atoms with Gasteiger partial charge in [0.1, 0.15) is 11.5 Å². The van der Waals surface area contributed by atoms with Gasteiger partial charge in [0.15, 0.2) is 0 Å². The van der Waals surface area contributed by atoms with Crippen LogP contribution in [0.5, 0.6) is 11.5 Å². The first-order valence-corrected chi connectivity index (χ1v) is 8.05. The number of rotatable bonds is 11. The third-order valence-electron chi connectivity index (χ3n) is 3.43. The van der Waals surface area contributed by atoms with E-state index in [9.17, 15) is 9.90 Å². The van der Waals surface area contributed by atoms with Gasteiger partial charge in [-0.1, -0.05) is 25.7 Å². The van der Waals surface area contributed by atoms with Crippen LogP contribution in [0, 0.1) is 0 Å². The molecule has 0 aliphatic carbocycles. The van der Waals surface area contributed by atoms with E-state index in [4.69, 9.17) is 16.5 Å². The lowest BCUT2D eigenvalue weighted by Gasteiger charge is -2.08. The average Bonchev–Trinajstić information content (AvgIpc) is 2.52. The third-order valence-corrected chi connectivity index (χ3v) is 3.62. The standard InChI is InChI=1S/C16H25ClN2O3/c1-22-13-8-9-14(15(20)12-13)16(21)18-10-6-4-2-3-5-7-11-19-17/h8-9,12,19-20H,2-7,10-11H2,1H3,(H,18,21). The Balaban J connectivity index is 2.16. The first kappa shape index (κ1) is 18.6. The van der Waals surface area contributed by atoms with Crippen LogP contribution in [0.2, 0.25) is 0 Å². The third kappa shape index (κ3) is 7.00. The Bertz CT molecular complexity index is 455. The molecule has 1 amide bonds. The lowest BCUT2D eigenvalue weighted by atomic mass is 10.1. The van der Waals surface area contributed by atoms with Gasteiger partial charge in [0.25, 0.3) is 5.91 Å². The Hall–Kier alpha value is -1.46. The number of carbonyl (C=O) groups excluding carboxylic acids is 1. The maximum absolute atomic E-state index is 11.9. The average molecular weight is 329 g/mol. The van der Waals surface area contributed by atoms with E-state index < -0.39 is 0 Å². The van der Waals surface area contributed by atoms with Gasteiger partial charge in [-0.2, -0.15) is 0 Å². The molecule has 0 aromatic heterocycles. The Kier molecular flexibility index (Phi) is 9.42. The van der Waals surface area contributed by atoms with Gasteiger partial charge < -0.3 is 15.2 Å². The summed E-state index contributed by atoms with van der Waals surface area (Å²) < 4.78 is 4.99. The molecule has 1 aromatic rings. The summed E-state index contributed by atoms with van der Waals surface area (Å²) >= 11 is 5.38. The predicted molar refractivity (Wildman–Crippen MR) is 88.5 cm³/mol. The Morgan fingerprint density at radius 3 is 2.36 bits per heavy atom. The molecule has 1 rings (SSSR count). The molecule has 3 N–H and O–H groups in total. The zero-order valence-electron chi connectivity index (χ0n) is 13.0. The number of phenolic OH excluding ortho intramolecular Hbond substituents is 1. The normalized spacial score (nSPS) is 10.5. The van der Waals surface area contributed by atoms with Crippen LogP contribution in [-0.4, -0.2) is 31.2 Å². The molecule has 0 unspecified atom stereocenters. The fourth-order valence-corrected chi connectivity index (χ4v) is 2.29. The highest BCUT2D eigenvalue weighted by Gasteiger charge is 2.11. The van der Waals surface area contributed by atoms with E-state index in [1.54, 1.807) is 12.1 Å². The second-order valence-electron chi connectivity index (χ2n) is 5.14. The Labute approximate surface area is 137 Å². The molecule has 124 valence electrons. The molecular formula is C16H25ClN2O3. The van der Waals surface area contributed by atoms with Gasteiger partial charge in [-0.3, -0.25) is 4.79 Å². The monoisotopic (exact) mass is 328 g/mol. The maximum atomic E-state index is 11.9. The van der Waals surface area contributed by atoms with E-state index in [2.05, 4.69) is 10.2 Å². The van der Waals surface area contributed by atoms with Crippen LogP contribution < -0.4 is 14.9 Å². The van der Waals surface area contributed by atoms with E-state index in [0.29, 0.717) is 12.3 Å². The van der Waals surface area contributed by atoms with Crippen LogP contribution in [0.25, 0.3) is 0 Å². The smallest absolute Gasteiger partial charge is 0.255 e. The molecule has 0 spiro atoms. The molecule has 0 heterocycles. The van der Waals surface area contributed by atoms with Crippen molar-refractivity contribution in [2.75, 3.05) is 20.2 Å². The first-order valence-electron chi connectivity index (χ1n) is 7.67. The number of amides is 1. The summed E-state index contributed by atoms with van der Waals surface area (Å²) in [5.41, 5.74) is 0.273. The number of unbranched alkanes of at least 4 members (excludes halogenated alkanes) is 5. The molecular weight excluding hydrogens is 304 g/mol. The molecule has 0 saturated heterocycles. The molecule has 6 heteroatoms. The molecule has 0 aliphatic heterocycles. The van der Waals surface area contributed by atoms with Crippen LogP contribution in [0.15, 0.2) is 18.2 Å². The van der Waals surface area contributed by atoms with Gasteiger partial charge in [0.05, 0.1) is 12.7 Å². The summed E-state index contributed by atoms with van der Waals surface area (Å²) in [6, 6.07) is 4.66. The van der Waals surface area contributed by atoms with Gasteiger partial charge in [0, 0.05) is 19.2 Å². The van der Waals surface area contributed by atoms with Gasteiger partial charge in [0.2, 0.25) is 0 Å². The number of nitrogens with one attached hydrogen (secondary N) is 2. The van der Waals surface area contributed by atoms with Crippen molar-refractivity contribution in [1.82, 2.24) is 10.2 Å². The highest BCUT2D eigenvalue weighted by Crippen LogP contribution is 2.23. The number of hydrogen-bond donors (Lipinski definition) is 3. The van der Waals surface area contributed by atoms with Crippen LogP contribution in [-0.2, 0) is 0 Å². The zero-order valence-corrected chi connectivity index (χ0v) is 13.8. The van der Waals surface area contributed by atoms with Crippen LogP contribution in [0.1, 0.15) is 48.9 Å². The summed E-state index contributed by atoms with van der Waals surface area (Å²) in [5, 5.41) is 12.6. The number of halogens is 1. The van der Waals surface area contributed by atoms with E-state index >= 15 is 0 Å². The minimum Gasteiger partial charge on any atom is -0.507 e. The van der Waals surface area contributed by atoms with Crippen molar-refractivity contribution < 1.29 is 14.6 Å². The summed E-state index contributed by atoms with van der Waals surface area (Å²) in [6.45, 7) is 1.47. The predicted octanol–water partition coefficient (Wildman–Crippen LogP) is 3.21. The van der Waals surface area contributed by atoms with Gasteiger partial charge in [-0.05, 0) is 36.8 Å². The van der Waals surface area contributed by atoms with Gasteiger partial charge in [-0.15, -0.1) is 0 Å². The maximum Gasteiger partial charge on any atom is 0.255 e. The molecule has 5 nitrogen and oxygen atoms in total. The van der Waals surface area contributed by atoms with Gasteiger partial charge >= 0.3 is 0 Å². The topological polar surface area (TPSA) is 70.6 Å². The number of ether oxygens (including phenoxy) is 1. The molecule has 0 aliphatic rings. The molecule has 0 saturated carbocycles. The molecule has 0 fully saturated rings. The minimum absolute atomic E-state index is 0.0650. The Morgan fingerprint density at radius 1 is 1.14 bits per heavy atom. The van der Waals surface area contributed by atoms with E-state index in [-0.39, 0.29) is 17.2 Å². The number of aromatic hydroxyl groups is 1. The van der Waals surface area contributed by atoms with Crippen LogP contribution >= 0.6 is 11.8 Å². The Morgan fingerprint density at radius 2 is 1.77 bits per heavy atom. The summed E-state index contributed by atoms with van der Waals surface area (Å²) in [5.74, 6) is 0.205. The van der Waals surface area contributed by atoms with Gasteiger partial charge in [-0.25, -0.2) is 4.84 Å². The minimum atomic E-state index is -0.256. The molecule has 1 aromatic carbocycles. The van der Waals surface area contributed by atoms with Crippen LogP contribution in [0.3, 0.4) is 0 Å². The van der Waals surface area contributed by atoms with Crippen molar-refractivity contribution >= 4 is 17.7 Å². The fourth-order valence-electron chi connectivity index (χ4n) is 2.15. The second kappa shape index (κ2) is 11.2. The van der Waals surface area contributed by atoms with Crippen molar-refractivity contribution in [2.45, 2.75) is 38.5 Å². The second-order valence-corrected chi connectivity index (χ2v) is 5.41. The largest absolute Gasteiger partial charge is 0.507 e. The number of phenols is 1. The lowest BCUT2D eigenvalue weighted by molar-refractivity contribution is 0.0950.